The van der Waals surface area contributed by atoms with Crippen LogP contribution in [0.3, 0.4) is 0 Å². The van der Waals surface area contributed by atoms with E-state index in [0.717, 1.165) is 51.3 Å². The standard InChI is InChI=1S/C14H18FNO2/c15-12-3-2-11-4-6-16(13(11)10-12)7-5-14-17-8-1-9-18-14/h2-3,10,14H,1,4-9H2. The molecule has 2 aliphatic heterocycles. The lowest BCUT2D eigenvalue weighted by Gasteiger charge is -2.26. The molecule has 0 spiro atoms. The Morgan fingerprint density at radius 3 is 2.94 bits per heavy atom. The topological polar surface area (TPSA) is 21.7 Å². The summed E-state index contributed by atoms with van der Waals surface area (Å²) in [6.45, 7) is 3.40. The molecule has 98 valence electrons. The van der Waals surface area contributed by atoms with Crippen molar-refractivity contribution in [2.24, 2.45) is 0 Å². The van der Waals surface area contributed by atoms with Gasteiger partial charge in [-0.05, 0) is 30.5 Å². The van der Waals surface area contributed by atoms with E-state index in [1.54, 1.807) is 6.07 Å². The number of halogens is 1. The zero-order valence-corrected chi connectivity index (χ0v) is 10.4. The molecule has 1 saturated heterocycles. The molecule has 0 atom stereocenters. The van der Waals surface area contributed by atoms with E-state index in [-0.39, 0.29) is 12.1 Å². The normalized spacial score (nSPS) is 20.2. The molecule has 2 aliphatic rings. The average Bonchev–Trinajstić information content (AvgIpc) is 2.80. The first-order valence-electron chi connectivity index (χ1n) is 6.59. The second-order valence-corrected chi connectivity index (χ2v) is 4.82. The number of rotatable bonds is 3. The second-order valence-electron chi connectivity index (χ2n) is 4.82. The maximum Gasteiger partial charge on any atom is 0.159 e. The van der Waals surface area contributed by atoms with E-state index in [0.29, 0.717) is 0 Å². The van der Waals surface area contributed by atoms with E-state index in [2.05, 4.69) is 4.90 Å². The Kier molecular flexibility index (Phi) is 3.48. The largest absolute Gasteiger partial charge is 0.371 e. The number of anilines is 1. The highest BCUT2D eigenvalue weighted by Gasteiger charge is 2.21. The summed E-state index contributed by atoms with van der Waals surface area (Å²) in [6, 6.07) is 5.05. The summed E-state index contributed by atoms with van der Waals surface area (Å²) < 4.78 is 24.3. The van der Waals surface area contributed by atoms with Crippen molar-refractivity contribution in [3.8, 4) is 0 Å². The molecule has 0 bridgehead atoms. The quantitative estimate of drug-likeness (QED) is 0.823. The van der Waals surface area contributed by atoms with Gasteiger partial charge in [0, 0.05) is 25.2 Å². The van der Waals surface area contributed by atoms with Crippen LogP contribution in [0, 0.1) is 5.82 Å². The summed E-state index contributed by atoms with van der Waals surface area (Å²) in [6.07, 6.45) is 2.74. The van der Waals surface area contributed by atoms with Crippen LogP contribution >= 0.6 is 0 Å². The van der Waals surface area contributed by atoms with Crippen LogP contribution in [0.5, 0.6) is 0 Å². The number of fused-ring (bicyclic) bond motifs is 1. The molecular formula is C14H18FNO2. The molecule has 1 aromatic rings. The van der Waals surface area contributed by atoms with Gasteiger partial charge in [-0.1, -0.05) is 6.07 Å². The number of hydrogen-bond acceptors (Lipinski definition) is 3. The van der Waals surface area contributed by atoms with Crippen LogP contribution in [0.25, 0.3) is 0 Å². The fourth-order valence-electron chi connectivity index (χ4n) is 2.62. The van der Waals surface area contributed by atoms with Crippen molar-refractivity contribution in [2.45, 2.75) is 25.6 Å². The minimum absolute atomic E-state index is 0.0867. The molecule has 0 radical (unpaired) electrons. The molecule has 3 rings (SSSR count). The third-order valence-electron chi connectivity index (χ3n) is 3.57. The Hall–Kier alpha value is -1.13. The Morgan fingerprint density at radius 2 is 2.11 bits per heavy atom. The van der Waals surface area contributed by atoms with E-state index in [9.17, 15) is 4.39 Å². The molecule has 0 N–H and O–H groups in total. The molecule has 2 heterocycles. The summed E-state index contributed by atoms with van der Waals surface area (Å²) in [5.74, 6) is -0.161. The average molecular weight is 251 g/mol. The summed E-state index contributed by atoms with van der Waals surface area (Å²) in [5.41, 5.74) is 2.27. The van der Waals surface area contributed by atoms with Gasteiger partial charge < -0.3 is 14.4 Å². The van der Waals surface area contributed by atoms with Crippen molar-refractivity contribution >= 4 is 5.69 Å². The highest BCUT2D eigenvalue weighted by atomic mass is 19.1. The number of nitrogens with zero attached hydrogens (tertiary/aromatic N) is 1. The highest BCUT2D eigenvalue weighted by molar-refractivity contribution is 5.58. The molecule has 0 unspecified atom stereocenters. The van der Waals surface area contributed by atoms with Crippen LogP contribution in [-0.4, -0.2) is 32.6 Å². The molecule has 1 aromatic carbocycles. The molecule has 3 nitrogen and oxygen atoms in total. The van der Waals surface area contributed by atoms with Crippen molar-refractivity contribution in [3.05, 3.63) is 29.6 Å². The Morgan fingerprint density at radius 1 is 1.28 bits per heavy atom. The number of benzene rings is 1. The van der Waals surface area contributed by atoms with Crippen LogP contribution in [0.15, 0.2) is 18.2 Å². The molecule has 0 aliphatic carbocycles. The van der Waals surface area contributed by atoms with Crippen LogP contribution in [-0.2, 0) is 15.9 Å². The number of hydrogen-bond donors (Lipinski definition) is 0. The van der Waals surface area contributed by atoms with Gasteiger partial charge in [0.05, 0.1) is 13.2 Å². The fraction of sp³-hybridized carbons (Fsp3) is 0.571. The molecule has 1 fully saturated rings. The smallest absolute Gasteiger partial charge is 0.159 e. The minimum Gasteiger partial charge on any atom is -0.371 e. The third-order valence-corrected chi connectivity index (χ3v) is 3.57. The van der Waals surface area contributed by atoms with Crippen molar-refractivity contribution in [1.82, 2.24) is 0 Å². The van der Waals surface area contributed by atoms with E-state index in [4.69, 9.17) is 9.47 Å². The first-order chi connectivity index (χ1) is 8.83. The summed E-state index contributed by atoms with van der Waals surface area (Å²) in [7, 11) is 0. The zero-order chi connectivity index (χ0) is 12.4. The predicted octanol–water partition coefficient (Wildman–Crippen LogP) is 2.34. The van der Waals surface area contributed by atoms with E-state index in [1.165, 1.54) is 11.6 Å². The Bertz CT molecular complexity index is 418. The van der Waals surface area contributed by atoms with Crippen molar-refractivity contribution in [1.29, 1.82) is 0 Å². The summed E-state index contributed by atoms with van der Waals surface area (Å²) in [4.78, 5) is 2.22. The Labute approximate surface area is 106 Å². The minimum atomic E-state index is -0.161. The summed E-state index contributed by atoms with van der Waals surface area (Å²) >= 11 is 0. The van der Waals surface area contributed by atoms with Crippen molar-refractivity contribution < 1.29 is 13.9 Å². The third kappa shape index (κ3) is 2.49. The lowest BCUT2D eigenvalue weighted by Crippen LogP contribution is -2.31. The zero-order valence-electron chi connectivity index (χ0n) is 10.4. The van der Waals surface area contributed by atoms with Gasteiger partial charge in [-0.25, -0.2) is 4.39 Å². The predicted molar refractivity (Wildman–Crippen MR) is 67.2 cm³/mol. The first-order valence-corrected chi connectivity index (χ1v) is 6.59. The van der Waals surface area contributed by atoms with Gasteiger partial charge in [0.2, 0.25) is 0 Å². The second kappa shape index (κ2) is 5.24. The molecule has 4 heteroatoms. The lowest BCUT2D eigenvalue weighted by molar-refractivity contribution is -0.179. The molecule has 0 aromatic heterocycles. The van der Waals surface area contributed by atoms with Gasteiger partial charge in [0.15, 0.2) is 6.29 Å². The SMILES string of the molecule is Fc1ccc2c(c1)N(CCC1OCCCO1)CC2. The monoisotopic (exact) mass is 251 g/mol. The van der Waals surface area contributed by atoms with Gasteiger partial charge in [-0.2, -0.15) is 0 Å². The summed E-state index contributed by atoms with van der Waals surface area (Å²) in [5, 5.41) is 0. The van der Waals surface area contributed by atoms with Crippen LogP contribution < -0.4 is 4.90 Å². The first kappa shape index (κ1) is 11.9. The maximum absolute atomic E-state index is 13.3. The van der Waals surface area contributed by atoms with Gasteiger partial charge >= 0.3 is 0 Å². The van der Waals surface area contributed by atoms with Gasteiger partial charge in [0.1, 0.15) is 5.82 Å². The maximum atomic E-state index is 13.3. The lowest BCUT2D eigenvalue weighted by atomic mass is 10.2. The van der Waals surface area contributed by atoms with Gasteiger partial charge in [0.25, 0.3) is 0 Å². The molecule has 0 saturated carbocycles. The number of ether oxygens (including phenoxy) is 2. The van der Waals surface area contributed by atoms with Gasteiger partial charge in [-0.3, -0.25) is 0 Å². The Balaban J connectivity index is 1.60. The van der Waals surface area contributed by atoms with Crippen LogP contribution in [0.2, 0.25) is 0 Å². The van der Waals surface area contributed by atoms with Crippen molar-refractivity contribution in [2.75, 3.05) is 31.2 Å². The van der Waals surface area contributed by atoms with Crippen molar-refractivity contribution in [3.63, 3.8) is 0 Å². The molecule has 0 amide bonds. The molecule has 18 heavy (non-hydrogen) atoms. The molecular weight excluding hydrogens is 233 g/mol. The fourth-order valence-corrected chi connectivity index (χ4v) is 2.62. The highest BCUT2D eigenvalue weighted by Crippen LogP contribution is 2.29. The van der Waals surface area contributed by atoms with E-state index < -0.39 is 0 Å². The van der Waals surface area contributed by atoms with Crippen LogP contribution in [0.4, 0.5) is 10.1 Å². The van der Waals surface area contributed by atoms with Crippen LogP contribution in [0.1, 0.15) is 18.4 Å². The van der Waals surface area contributed by atoms with E-state index >= 15 is 0 Å². The van der Waals surface area contributed by atoms with Gasteiger partial charge in [-0.15, -0.1) is 0 Å². The van der Waals surface area contributed by atoms with E-state index in [1.807, 2.05) is 6.07 Å².